The summed E-state index contributed by atoms with van der Waals surface area (Å²) in [6, 6.07) is 6.95. The molecule has 1 atom stereocenters. The van der Waals surface area contributed by atoms with E-state index in [0.717, 1.165) is 5.56 Å². The molecule has 108 valence electrons. The minimum absolute atomic E-state index is 0.0218. The Morgan fingerprint density at radius 1 is 1.35 bits per heavy atom. The maximum Gasteiger partial charge on any atom is 0.260 e. The monoisotopic (exact) mass is 275 g/mol. The van der Waals surface area contributed by atoms with Crippen molar-refractivity contribution in [3.05, 3.63) is 29.8 Å². The molecule has 1 aromatic rings. The Hall–Kier alpha value is -1.99. The van der Waals surface area contributed by atoms with Crippen LogP contribution in [0.2, 0.25) is 0 Å². The van der Waals surface area contributed by atoms with Crippen LogP contribution >= 0.6 is 0 Å². The molecule has 0 aliphatic rings. The van der Waals surface area contributed by atoms with Gasteiger partial charge in [0.2, 0.25) is 0 Å². The standard InChI is InChI=1S/C16H21NO3/c1-4-7-15(18)13-8-10-14(11-9-13)20-12-16(19)17(5-2)6-3/h1,8-11,15,18H,5-7,12H2,2-3H3. The molecule has 4 nitrogen and oxygen atoms in total. The molecule has 0 aliphatic carbocycles. The highest BCUT2D eigenvalue weighted by atomic mass is 16.5. The number of hydrogen-bond donors (Lipinski definition) is 1. The average Bonchev–Trinajstić information content (AvgIpc) is 2.47. The molecule has 1 amide bonds. The van der Waals surface area contributed by atoms with Crippen molar-refractivity contribution in [2.75, 3.05) is 19.7 Å². The van der Waals surface area contributed by atoms with E-state index in [2.05, 4.69) is 5.92 Å². The lowest BCUT2D eigenvalue weighted by Crippen LogP contribution is -2.34. The molecule has 0 radical (unpaired) electrons. The fourth-order valence-corrected chi connectivity index (χ4v) is 1.83. The summed E-state index contributed by atoms with van der Waals surface area (Å²) < 4.78 is 5.43. The van der Waals surface area contributed by atoms with Crippen LogP contribution in [0.1, 0.15) is 31.9 Å². The second-order valence-electron chi connectivity index (χ2n) is 4.35. The minimum atomic E-state index is -0.661. The van der Waals surface area contributed by atoms with Crippen molar-refractivity contribution in [1.82, 2.24) is 4.90 Å². The predicted molar refractivity (Wildman–Crippen MR) is 78.3 cm³/mol. The molecule has 1 rings (SSSR count). The van der Waals surface area contributed by atoms with Crippen LogP contribution in [-0.2, 0) is 4.79 Å². The summed E-state index contributed by atoms with van der Waals surface area (Å²) in [6.45, 7) is 5.24. The van der Waals surface area contributed by atoms with Crippen LogP contribution < -0.4 is 4.74 Å². The van der Waals surface area contributed by atoms with E-state index >= 15 is 0 Å². The van der Waals surface area contributed by atoms with E-state index in [4.69, 9.17) is 11.2 Å². The van der Waals surface area contributed by atoms with Gasteiger partial charge in [-0.05, 0) is 31.5 Å². The van der Waals surface area contributed by atoms with Gasteiger partial charge < -0.3 is 14.7 Å². The van der Waals surface area contributed by atoms with E-state index in [9.17, 15) is 9.90 Å². The summed E-state index contributed by atoms with van der Waals surface area (Å²) in [5, 5.41) is 9.72. The summed E-state index contributed by atoms with van der Waals surface area (Å²) >= 11 is 0. The van der Waals surface area contributed by atoms with Gasteiger partial charge in [0.1, 0.15) is 5.75 Å². The molecular formula is C16H21NO3. The summed E-state index contributed by atoms with van der Waals surface area (Å²) in [5.41, 5.74) is 0.741. The number of likely N-dealkylation sites (N-methyl/N-ethyl adjacent to an activating group) is 1. The van der Waals surface area contributed by atoms with Crippen LogP contribution in [0.5, 0.6) is 5.75 Å². The van der Waals surface area contributed by atoms with Gasteiger partial charge in [-0.3, -0.25) is 4.79 Å². The molecule has 20 heavy (non-hydrogen) atoms. The number of terminal acetylenes is 1. The van der Waals surface area contributed by atoms with Gasteiger partial charge in [-0.25, -0.2) is 0 Å². The van der Waals surface area contributed by atoms with Gasteiger partial charge in [-0.2, -0.15) is 0 Å². The van der Waals surface area contributed by atoms with Gasteiger partial charge >= 0.3 is 0 Å². The normalized spacial score (nSPS) is 11.5. The third-order valence-corrected chi connectivity index (χ3v) is 3.05. The maximum absolute atomic E-state index is 11.8. The quantitative estimate of drug-likeness (QED) is 0.774. The zero-order valence-electron chi connectivity index (χ0n) is 12.0. The van der Waals surface area contributed by atoms with Crippen molar-refractivity contribution in [1.29, 1.82) is 0 Å². The zero-order valence-corrected chi connectivity index (χ0v) is 12.0. The first kappa shape index (κ1) is 16.1. The molecule has 1 N–H and O–H groups in total. The number of nitrogens with zero attached hydrogens (tertiary/aromatic N) is 1. The number of amides is 1. The number of rotatable bonds is 7. The molecule has 1 aromatic carbocycles. The van der Waals surface area contributed by atoms with E-state index < -0.39 is 6.10 Å². The highest BCUT2D eigenvalue weighted by molar-refractivity contribution is 5.77. The Balaban J connectivity index is 2.54. The Morgan fingerprint density at radius 3 is 2.45 bits per heavy atom. The van der Waals surface area contributed by atoms with E-state index in [-0.39, 0.29) is 18.9 Å². The first-order valence-electron chi connectivity index (χ1n) is 6.74. The minimum Gasteiger partial charge on any atom is -0.484 e. The van der Waals surface area contributed by atoms with Crippen molar-refractivity contribution in [3.63, 3.8) is 0 Å². The lowest BCUT2D eigenvalue weighted by molar-refractivity contribution is -0.132. The van der Waals surface area contributed by atoms with Crippen LogP contribution in [0.25, 0.3) is 0 Å². The molecule has 1 unspecified atom stereocenters. The average molecular weight is 275 g/mol. The summed E-state index contributed by atoms with van der Waals surface area (Å²) in [7, 11) is 0. The largest absolute Gasteiger partial charge is 0.484 e. The molecule has 0 bridgehead atoms. The second kappa shape index (κ2) is 8.23. The first-order valence-corrected chi connectivity index (χ1v) is 6.74. The van der Waals surface area contributed by atoms with Crippen LogP contribution in [0.15, 0.2) is 24.3 Å². The number of aliphatic hydroxyl groups is 1. The van der Waals surface area contributed by atoms with Crippen molar-refractivity contribution in [3.8, 4) is 18.1 Å². The first-order chi connectivity index (χ1) is 9.62. The summed E-state index contributed by atoms with van der Waals surface area (Å²) in [6.07, 6.45) is 4.77. The van der Waals surface area contributed by atoms with Crippen molar-refractivity contribution < 1.29 is 14.6 Å². The van der Waals surface area contributed by atoms with Crippen LogP contribution in [0, 0.1) is 12.3 Å². The van der Waals surface area contributed by atoms with E-state index in [1.54, 1.807) is 29.2 Å². The number of aliphatic hydroxyl groups excluding tert-OH is 1. The van der Waals surface area contributed by atoms with Gasteiger partial charge in [-0.1, -0.05) is 12.1 Å². The fourth-order valence-electron chi connectivity index (χ4n) is 1.83. The number of hydrogen-bond acceptors (Lipinski definition) is 3. The smallest absolute Gasteiger partial charge is 0.260 e. The highest BCUT2D eigenvalue weighted by Gasteiger charge is 2.10. The summed E-state index contributed by atoms with van der Waals surface area (Å²) in [4.78, 5) is 13.5. The molecular weight excluding hydrogens is 254 g/mol. The topological polar surface area (TPSA) is 49.8 Å². The van der Waals surface area contributed by atoms with Crippen molar-refractivity contribution >= 4 is 5.91 Å². The fraction of sp³-hybridized carbons (Fsp3) is 0.438. The molecule has 0 heterocycles. The molecule has 0 saturated heterocycles. The molecule has 4 heteroatoms. The lowest BCUT2D eigenvalue weighted by Gasteiger charge is -2.18. The van der Waals surface area contributed by atoms with Crippen molar-refractivity contribution in [2.24, 2.45) is 0 Å². The summed E-state index contributed by atoms with van der Waals surface area (Å²) in [5.74, 6) is 2.98. The third-order valence-electron chi connectivity index (χ3n) is 3.05. The van der Waals surface area contributed by atoms with Crippen LogP contribution in [-0.4, -0.2) is 35.6 Å². The van der Waals surface area contributed by atoms with Gasteiger partial charge in [0.25, 0.3) is 5.91 Å². The molecule has 0 aliphatic heterocycles. The zero-order chi connectivity index (χ0) is 15.0. The Morgan fingerprint density at radius 2 is 1.95 bits per heavy atom. The number of carbonyl (C=O) groups is 1. The molecule has 0 saturated carbocycles. The number of ether oxygens (including phenoxy) is 1. The third kappa shape index (κ3) is 4.60. The van der Waals surface area contributed by atoms with E-state index in [1.165, 1.54) is 0 Å². The molecule has 0 fully saturated rings. The van der Waals surface area contributed by atoms with Gasteiger partial charge in [0.05, 0.1) is 6.10 Å². The lowest BCUT2D eigenvalue weighted by atomic mass is 10.1. The SMILES string of the molecule is C#CCC(O)c1ccc(OCC(=O)N(CC)CC)cc1. The molecule has 0 aromatic heterocycles. The van der Waals surface area contributed by atoms with Crippen LogP contribution in [0.4, 0.5) is 0 Å². The maximum atomic E-state index is 11.8. The second-order valence-corrected chi connectivity index (χ2v) is 4.35. The number of carbonyl (C=O) groups excluding carboxylic acids is 1. The predicted octanol–water partition coefficient (Wildman–Crippen LogP) is 1.99. The highest BCUT2D eigenvalue weighted by Crippen LogP contribution is 2.19. The van der Waals surface area contributed by atoms with Crippen LogP contribution in [0.3, 0.4) is 0 Å². The Labute approximate surface area is 120 Å². The van der Waals surface area contributed by atoms with Crippen molar-refractivity contribution in [2.45, 2.75) is 26.4 Å². The van der Waals surface area contributed by atoms with Gasteiger partial charge in [0.15, 0.2) is 6.61 Å². The van der Waals surface area contributed by atoms with E-state index in [0.29, 0.717) is 18.8 Å². The van der Waals surface area contributed by atoms with Gasteiger partial charge in [-0.15, -0.1) is 12.3 Å². The molecule has 0 spiro atoms. The number of benzene rings is 1. The van der Waals surface area contributed by atoms with Gasteiger partial charge in [0, 0.05) is 19.5 Å². The Kier molecular flexibility index (Phi) is 6.61. The van der Waals surface area contributed by atoms with E-state index in [1.807, 2.05) is 13.8 Å². The Bertz CT molecular complexity index is 458.